The van der Waals surface area contributed by atoms with Crippen molar-refractivity contribution in [1.82, 2.24) is 0 Å². The highest BCUT2D eigenvalue weighted by atomic mass is 16.8. The van der Waals surface area contributed by atoms with E-state index < -0.39 is 6.48 Å². The van der Waals surface area contributed by atoms with Gasteiger partial charge >= 0.3 is 12.4 Å². The molecule has 1 aliphatic carbocycles. The minimum Gasteiger partial charge on any atom is -0.462 e. The predicted molar refractivity (Wildman–Crippen MR) is 105 cm³/mol. The zero-order valence-electron chi connectivity index (χ0n) is 16.9. The Kier molecular flexibility index (Phi) is 9.64. The lowest BCUT2D eigenvalue weighted by Crippen LogP contribution is -2.28. The molecule has 0 saturated heterocycles. The number of hydrogen-bond donors (Lipinski definition) is 0. The van der Waals surface area contributed by atoms with Crippen LogP contribution in [0.25, 0.3) is 0 Å². The third kappa shape index (κ3) is 7.15. The van der Waals surface area contributed by atoms with Crippen LogP contribution >= 0.6 is 0 Å². The summed E-state index contributed by atoms with van der Waals surface area (Å²) in [7, 11) is 1.55. The average molecular weight is 379 g/mol. The first-order chi connectivity index (χ1) is 13.2. The largest absolute Gasteiger partial charge is 0.462 e. The molecule has 2 rings (SSSR count). The van der Waals surface area contributed by atoms with Gasteiger partial charge in [-0.1, -0.05) is 38.3 Å². The molecule has 3 atom stereocenters. The quantitative estimate of drug-likeness (QED) is 0.302. The summed E-state index contributed by atoms with van der Waals surface area (Å²) in [6.07, 6.45) is 7.90. The number of rotatable bonds is 11. The van der Waals surface area contributed by atoms with Crippen LogP contribution in [0.1, 0.15) is 76.7 Å². The van der Waals surface area contributed by atoms with E-state index in [2.05, 4.69) is 19.1 Å². The summed E-state index contributed by atoms with van der Waals surface area (Å²) in [4.78, 5) is 12.2. The van der Waals surface area contributed by atoms with E-state index in [0.717, 1.165) is 38.5 Å². The fourth-order valence-electron chi connectivity index (χ4n) is 3.56. The molecule has 1 fully saturated rings. The molecular weight excluding hydrogens is 344 g/mol. The summed E-state index contributed by atoms with van der Waals surface area (Å²) in [6, 6.07) is 7.97. The van der Waals surface area contributed by atoms with Crippen LogP contribution in [0.3, 0.4) is 0 Å². The third-order valence-electron chi connectivity index (χ3n) is 5.01. The summed E-state index contributed by atoms with van der Waals surface area (Å²) in [6.45, 7) is 3.85. The second kappa shape index (κ2) is 12.0. The van der Waals surface area contributed by atoms with Gasteiger partial charge in [0.2, 0.25) is 0 Å². The molecule has 0 bridgehead atoms. The molecule has 1 unspecified atom stereocenters. The Morgan fingerprint density at radius 2 is 1.85 bits per heavy atom. The van der Waals surface area contributed by atoms with Crippen molar-refractivity contribution in [2.24, 2.45) is 0 Å². The number of carbonyl (C=O) groups is 1. The van der Waals surface area contributed by atoms with Crippen LogP contribution < -0.4 is 4.74 Å². The summed E-state index contributed by atoms with van der Waals surface area (Å²) in [5.41, 5.74) is 1.19. The molecule has 1 aliphatic rings. The van der Waals surface area contributed by atoms with E-state index in [1.165, 1.54) is 12.0 Å². The highest BCUT2D eigenvalue weighted by Gasteiger charge is 2.29. The topological polar surface area (TPSA) is 54.0 Å². The molecule has 0 amide bonds. The van der Waals surface area contributed by atoms with Crippen LogP contribution in [0.2, 0.25) is 0 Å². The minimum atomic E-state index is -0.702. The van der Waals surface area contributed by atoms with E-state index in [1.807, 2.05) is 19.1 Å². The van der Waals surface area contributed by atoms with Gasteiger partial charge in [0.15, 0.2) is 0 Å². The molecule has 5 heteroatoms. The maximum absolute atomic E-state index is 12.2. The fraction of sp³-hybridized carbons (Fsp3) is 0.682. The van der Waals surface area contributed by atoms with Crippen LogP contribution in [0.5, 0.6) is 5.75 Å². The van der Waals surface area contributed by atoms with E-state index in [-0.39, 0.29) is 18.0 Å². The summed E-state index contributed by atoms with van der Waals surface area (Å²) < 4.78 is 22.0. The predicted octanol–water partition coefficient (Wildman–Crippen LogP) is 5.18. The molecule has 0 aliphatic heterocycles. The summed E-state index contributed by atoms with van der Waals surface area (Å²) >= 11 is 0. The van der Waals surface area contributed by atoms with E-state index in [4.69, 9.17) is 18.9 Å². The Morgan fingerprint density at radius 3 is 2.52 bits per heavy atom. The molecule has 0 N–H and O–H groups in total. The van der Waals surface area contributed by atoms with Gasteiger partial charge in [-0.25, -0.2) is 0 Å². The summed E-state index contributed by atoms with van der Waals surface area (Å²) in [5, 5.41) is 0. The Morgan fingerprint density at radius 1 is 1.11 bits per heavy atom. The van der Waals surface area contributed by atoms with Gasteiger partial charge in [0.05, 0.1) is 6.61 Å². The smallest absolute Gasteiger partial charge is 0.315 e. The van der Waals surface area contributed by atoms with Gasteiger partial charge in [-0.15, -0.1) is 0 Å². The molecule has 1 saturated carbocycles. The number of carbonyl (C=O) groups excluding carboxylic acids is 1. The highest BCUT2D eigenvalue weighted by molar-refractivity contribution is 5.69. The van der Waals surface area contributed by atoms with Gasteiger partial charge in [0, 0.05) is 19.4 Å². The number of benzene rings is 1. The van der Waals surface area contributed by atoms with Gasteiger partial charge in [-0.05, 0) is 50.3 Å². The van der Waals surface area contributed by atoms with Gasteiger partial charge < -0.3 is 18.9 Å². The first-order valence-electron chi connectivity index (χ1n) is 10.3. The van der Waals surface area contributed by atoms with Gasteiger partial charge in [-0.3, -0.25) is 4.79 Å². The monoisotopic (exact) mass is 378 g/mol. The van der Waals surface area contributed by atoms with Crippen molar-refractivity contribution in [3.8, 4) is 5.75 Å². The molecule has 0 aromatic heterocycles. The van der Waals surface area contributed by atoms with Crippen LogP contribution in [0.15, 0.2) is 24.3 Å². The van der Waals surface area contributed by atoms with Crippen LogP contribution in [-0.4, -0.2) is 32.3 Å². The Balaban J connectivity index is 1.96. The normalized spacial score (nSPS) is 20.9. The Hall–Kier alpha value is -1.59. The number of hydrogen-bond acceptors (Lipinski definition) is 5. The highest BCUT2D eigenvalue weighted by Crippen LogP contribution is 2.36. The first-order valence-corrected chi connectivity index (χ1v) is 10.3. The van der Waals surface area contributed by atoms with Crippen molar-refractivity contribution in [1.29, 1.82) is 0 Å². The van der Waals surface area contributed by atoms with Crippen LogP contribution in [-0.2, 0) is 19.0 Å². The molecule has 0 heterocycles. The Labute approximate surface area is 163 Å². The average Bonchev–Trinajstić information content (AvgIpc) is 2.69. The SMILES string of the molecule is CCCCCC(=O)O[C@@H]1CCCC[C@H]1c1ccc(OC(OC)OCC)cc1. The van der Waals surface area contributed by atoms with Gasteiger partial charge in [0.25, 0.3) is 0 Å². The molecule has 5 nitrogen and oxygen atoms in total. The molecule has 1 aromatic carbocycles. The summed E-state index contributed by atoms with van der Waals surface area (Å²) in [5.74, 6) is 0.899. The van der Waals surface area contributed by atoms with Crippen molar-refractivity contribution in [3.05, 3.63) is 29.8 Å². The second-order valence-corrected chi connectivity index (χ2v) is 7.04. The van der Waals surface area contributed by atoms with Crippen molar-refractivity contribution in [2.75, 3.05) is 13.7 Å². The zero-order valence-corrected chi connectivity index (χ0v) is 16.9. The molecule has 27 heavy (non-hydrogen) atoms. The fourth-order valence-corrected chi connectivity index (χ4v) is 3.56. The van der Waals surface area contributed by atoms with E-state index >= 15 is 0 Å². The molecule has 0 spiro atoms. The zero-order chi connectivity index (χ0) is 19.5. The number of methoxy groups -OCH3 is 1. The lowest BCUT2D eigenvalue weighted by atomic mass is 9.81. The molecular formula is C22H34O5. The number of ether oxygens (including phenoxy) is 4. The number of esters is 1. The van der Waals surface area contributed by atoms with Crippen molar-refractivity contribution in [3.63, 3.8) is 0 Å². The van der Waals surface area contributed by atoms with Crippen LogP contribution in [0.4, 0.5) is 0 Å². The van der Waals surface area contributed by atoms with E-state index in [9.17, 15) is 4.79 Å². The molecule has 1 aromatic rings. The van der Waals surface area contributed by atoms with Gasteiger partial charge in [-0.2, -0.15) is 0 Å². The molecule has 0 radical (unpaired) electrons. The lowest BCUT2D eigenvalue weighted by Gasteiger charge is -2.31. The standard InChI is InChI=1S/C22H34O5/c1-4-6-7-12-21(23)27-20-11-9-8-10-19(20)17-13-15-18(16-14-17)26-22(24-3)25-5-2/h13-16,19-20,22H,4-12H2,1-3H3/t19-,20+,22?/m0/s1. The van der Waals surface area contributed by atoms with Crippen LogP contribution in [0, 0.1) is 0 Å². The van der Waals surface area contributed by atoms with E-state index in [0.29, 0.717) is 18.8 Å². The van der Waals surface area contributed by atoms with Crippen molar-refractivity contribution in [2.45, 2.75) is 83.7 Å². The second-order valence-electron chi connectivity index (χ2n) is 7.04. The third-order valence-corrected chi connectivity index (χ3v) is 5.01. The van der Waals surface area contributed by atoms with Crippen molar-refractivity contribution >= 4 is 5.97 Å². The maximum Gasteiger partial charge on any atom is 0.315 e. The molecule has 152 valence electrons. The lowest BCUT2D eigenvalue weighted by molar-refractivity contribution is -0.231. The van der Waals surface area contributed by atoms with E-state index in [1.54, 1.807) is 7.11 Å². The van der Waals surface area contributed by atoms with Crippen molar-refractivity contribution < 1.29 is 23.7 Å². The van der Waals surface area contributed by atoms with Gasteiger partial charge in [0.1, 0.15) is 11.9 Å². The number of unbranched alkanes of at least 4 members (excludes halogenated alkanes) is 2. The maximum atomic E-state index is 12.2. The Bertz CT molecular complexity index is 542. The minimum absolute atomic E-state index is 0.0187. The first kappa shape index (κ1) is 21.7.